The summed E-state index contributed by atoms with van der Waals surface area (Å²) in [6.07, 6.45) is 7.26. The Labute approximate surface area is 197 Å². The Morgan fingerprint density at radius 2 is 1.74 bits per heavy atom. The maximum atomic E-state index is 5.95. The molecule has 4 atom stereocenters. The number of piperidine rings is 1. The Balaban J connectivity index is 0.00000136. The van der Waals surface area contributed by atoms with E-state index in [-0.39, 0.29) is 37.0 Å². The third-order valence-corrected chi connectivity index (χ3v) is 7.36. The van der Waals surface area contributed by atoms with Crippen molar-refractivity contribution in [3.05, 3.63) is 36.5 Å². The Bertz CT molecular complexity index is 798. The fourth-order valence-electron chi connectivity index (χ4n) is 5.78. The first-order valence-corrected chi connectivity index (χ1v) is 11.2. The van der Waals surface area contributed by atoms with Crippen molar-refractivity contribution in [3.63, 3.8) is 0 Å². The van der Waals surface area contributed by atoms with Crippen LogP contribution in [-0.2, 0) is 4.74 Å². The van der Waals surface area contributed by atoms with Gasteiger partial charge in [0.25, 0.3) is 0 Å². The van der Waals surface area contributed by atoms with Crippen molar-refractivity contribution in [2.24, 2.45) is 17.8 Å². The number of fused-ring (bicyclic) bond motifs is 1. The average molecular weight is 468 g/mol. The Hall–Kier alpha value is -1.18. The van der Waals surface area contributed by atoms with Gasteiger partial charge in [-0.2, -0.15) is 0 Å². The maximum Gasteiger partial charge on any atom is 0.113 e. The van der Waals surface area contributed by atoms with Gasteiger partial charge >= 0.3 is 0 Å². The zero-order valence-electron chi connectivity index (χ0n) is 18.2. The molecule has 1 aliphatic carbocycles. The van der Waals surface area contributed by atoms with E-state index >= 15 is 0 Å². The fourth-order valence-corrected chi connectivity index (χ4v) is 5.78. The number of likely N-dealkylation sites (tertiary alicyclic amines) is 1. The highest BCUT2D eigenvalue weighted by Gasteiger charge is 2.43. The van der Waals surface area contributed by atoms with Crippen molar-refractivity contribution in [1.29, 1.82) is 0 Å². The SMILES string of the molecule is CO[C@@H]1C[C@H]2CN(CC3CCNCC3)C[C@H]2C[C@H]1n1cc(-c2ccccc2)nn1.Cl.Cl. The molecule has 2 aliphatic heterocycles. The van der Waals surface area contributed by atoms with Crippen LogP contribution in [0.4, 0.5) is 0 Å². The molecule has 1 N–H and O–H groups in total. The number of benzene rings is 1. The summed E-state index contributed by atoms with van der Waals surface area (Å²) in [4.78, 5) is 2.73. The van der Waals surface area contributed by atoms with Gasteiger partial charge in [0.05, 0.1) is 18.3 Å². The summed E-state index contributed by atoms with van der Waals surface area (Å²) in [5, 5.41) is 12.4. The third-order valence-electron chi connectivity index (χ3n) is 7.36. The first-order chi connectivity index (χ1) is 14.3. The van der Waals surface area contributed by atoms with Crippen LogP contribution in [0.25, 0.3) is 11.3 Å². The summed E-state index contributed by atoms with van der Waals surface area (Å²) in [6.45, 7) is 6.14. The lowest BCUT2D eigenvalue weighted by Crippen LogP contribution is -2.37. The molecule has 8 heteroatoms. The molecule has 0 bridgehead atoms. The Kier molecular flexibility index (Phi) is 8.76. The fraction of sp³-hybridized carbons (Fsp3) is 0.652. The van der Waals surface area contributed by atoms with E-state index in [4.69, 9.17) is 4.74 Å². The zero-order chi connectivity index (χ0) is 19.6. The van der Waals surface area contributed by atoms with Gasteiger partial charge in [-0.1, -0.05) is 35.5 Å². The molecular weight excluding hydrogens is 433 g/mol. The van der Waals surface area contributed by atoms with Crippen LogP contribution in [0.2, 0.25) is 0 Å². The van der Waals surface area contributed by atoms with Crippen LogP contribution in [0.3, 0.4) is 0 Å². The number of hydrogen-bond donors (Lipinski definition) is 1. The topological polar surface area (TPSA) is 55.2 Å². The first kappa shape index (κ1) is 24.5. The van der Waals surface area contributed by atoms with E-state index in [2.05, 4.69) is 43.5 Å². The largest absolute Gasteiger partial charge is 0.379 e. The van der Waals surface area contributed by atoms with Gasteiger partial charge in [-0.25, -0.2) is 4.68 Å². The van der Waals surface area contributed by atoms with E-state index in [0.717, 1.165) is 41.9 Å². The van der Waals surface area contributed by atoms with E-state index in [1.54, 1.807) is 0 Å². The summed E-state index contributed by atoms with van der Waals surface area (Å²) >= 11 is 0. The van der Waals surface area contributed by atoms with Gasteiger partial charge in [0.15, 0.2) is 0 Å². The summed E-state index contributed by atoms with van der Waals surface area (Å²) < 4.78 is 8.02. The molecule has 0 unspecified atom stereocenters. The molecule has 6 nitrogen and oxygen atoms in total. The smallest absolute Gasteiger partial charge is 0.113 e. The molecule has 1 aromatic carbocycles. The Morgan fingerprint density at radius 1 is 1.03 bits per heavy atom. The molecule has 2 aromatic rings. The van der Waals surface area contributed by atoms with Gasteiger partial charge in [-0.05, 0) is 56.5 Å². The second-order valence-corrected chi connectivity index (χ2v) is 9.19. The van der Waals surface area contributed by atoms with Crippen LogP contribution in [-0.4, -0.2) is 65.8 Å². The summed E-state index contributed by atoms with van der Waals surface area (Å²) in [5.74, 6) is 2.38. The van der Waals surface area contributed by atoms with Crippen LogP contribution < -0.4 is 5.32 Å². The molecule has 1 saturated carbocycles. The number of aromatic nitrogens is 3. The lowest BCUT2D eigenvalue weighted by Gasteiger charge is -2.37. The second-order valence-electron chi connectivity index (χ2n) is 9.19. The maximum absolute atomic E-state index is 5.95. The molecule has 1 aromatic heterocycles. The lowest BCUT2D eigenvalue weighted by molar-refractivity contribution is -0.00545. The number of ether oxygens (including phenoxy) is 1. The lowest BCUT2D eigenvalue weighted by atomic mass is 9.77. The highest BCUT2D eigenvalue weighted by molar-refractivity contribution is 5.85. The first-order valence-electron chi connectivity index (χ1n) is 11.2. The van der Waals surface area contributed by atoms with Crippen molar-refractivity contribution < 1.29 is 4.74 Å². The minimum absolute atomic E-state index is 0. The standard InChI is InChI=1S/C23H33N5O.2ClH/c1-29-23-12-20-15-27(13-17-7-9-24-10-8-17)14-19(20)11-22(23)28-16-21(25-26-28)18-5-3-2-4-6-18;;/h2-6,16-17,19-20,22-24H,7-15H2,1H3;2*1H/t19-,20+,22-,23-;;/m1../s1. The normalized spacial score (nSPS) is 29.1. The Morgan fingerprint density at radius 3 is 2.45 bits per heavy atom. The number of rotatable bonds is 5. The van der Waals surface area contributed by atoms with Crippen molar-refractivity contribution in [2.45, 2.75) is 37.8 Å². The summed E-state index contributed by atoms with van der Waals surface area (Å²) in [7, 11) is 1.86. The molecule has 31 heavy (non-hydrogen) atoms. The van der Waals surface area contributed by atoms with Crippen LogP contribution in [0, 0.1) is 17.8 Å². The third kappa shape index (κ3) is 5.42. The molecule has 5 rings (SSSR count). The molecule has 3 heterocycles. The predicted molar refractivity (Wildman–Crippen MR) is 128 cm³/mol. The molecule has 0 amide bonds. The van der Waals surface area contributed by atoms with Gasteiger partial charge in [-0.15, -0.1) is 29.9 Å². The molecule has 3 fully saturated rings. The quantitative estimate of drug-likeness (QED) is 0.726. The molecule has 2 saturated heterocycles. The highest BCUT2D eigenvalue weighted by Crippen LogP contribution is 2.42. The molecule has 3 aliphatic rings. The van der Waals surface area contributed by atoms with E-state index in [0.29, 0.717) is 0 Å². The molecular formula is C23H35Cl2N5O. The average Bonchev–Trinajstić information content (AvgIpc) is 3.40. The van der Waals surface area contributed by atoms with Crippen molar-refractivity contribution >= 4 is 24.8 Å². The number of nitrogens with one attached hydrogen (secondary N) is 1. The van der Waals surface area contributed by atoms with Crippen molar-refractivity contribution in [2.75, 3.05) is 39.8 Å². The van der Waals surface area contributed by atoms with E-state index in [9.17, 15) is 0 Å². The monoisotopic (exact) mass is 467 g/mol. The van der Waals surface area contributed by atoms with E-state index in [1.807, 2.05) is 25.3 Å². The van der Waals surface area contributed by atoms with E-state index in [1.165, 1.54) is 45.6 Å². The van der Waals surface area contributed by atoms with Crippen LogP contribution >= 0.6 is 24.8 Å². The number of methoxy groups -OCH3 is 1. The van der Waals surface area contributed by atoms with Crippen LogP contribution in [0.5, 0.6) is 0 Å². The predicted octanol–water partition coefficient (Wildman–Crippen LogP) is 3.69. The number of hydrogen-bond acceptors (Lipinski definition) is 5. The number of halogens is 2. The van der Waals surface area contributed by atoms with Gasteiger partial charge in [-0.3, -0.25) is 0 Å². The van der Waals surface area contributed by atoms with Crippen molar-refractivity contribution in [3.8, 4) is 11.3 Å². The minimum atomic E-state index is 0. The van der Waals surface area contributed by atoms with Crippen LogP contribution in [0.1, 0.15) is 31.7 Å². The molecule has 172 valence electrons. The van der Waals surface area contributed by atoms with Gasteiger partial charge < -0.3 is 15.0 Å². The highest BCUT2D eigenvalue weighted by atomic mass is 35.5. The van der Waals surface area contributed by atoms with Gasteiger partial charge in [0.1, 0.15) is 5.69 Å². The summed E-state index contributed by atoms with van der Waals surface area (Å²) in [6, 6.07) is 10.6. The zero-order valence-corrected chi connectivity index (χ0v) is 19.9. The van der Waals surface area contributed by atoms with Gasteiger partial charge in [0.2, 0.25) is 0 Å². The van der Waals surface area contributed by atoms with Crippen molar-refractivity contribution in [1.82, 2.24) is 25.2 Å². The second kappa shape index (κ2) is 11.1. The summed E-state index contributed by atoms with van der Waals surface area (Å²) in [5.41, 5.74) is 2.07. The van der Waals surface area contributed by atoms with Gasteiger partial charge in [0, 0.05) is 32.3 Å². The van der Waals surface area contributed by atoms with Crippen LogP contribution in [0.15, 0.2) is 36.5 Å². The minimum Gasteiger partial charge on any atom is -0.379 e. The van der Waals surface area contributed by atoms with E-state index < -0.39 is 0 Å². The molecule has 0 radical (unpaired) electrons. The molecule has 0 spiro atoms. The number of nitrogens with zero attached hydrogens (tertiary/aromatic N) is 4.